The van der Waals surface area contributed by atoms with Gasteiger partial charge >= 0.3 is 0 Å². The molecule has 16 heavy (non-hydrogen) atoms. The van der Waals surface area contributed by atoms with Crippen LogP contribution < -0.4 is 0 Å². The van der Waals surface area contributed by atoms with Crippen molar-refractivity contribution in [3.63, 3.8) is 0 Å². The van der Waals surface area contributed by atoms with Crippen LogP contribution in [0.15, 0.2) is 35.7 Å². The molecule has 1 atom stereocenters. The van der Waals surface area contributed by atoms with Crippen LogP contribution in [0.1, 0.15) is 22.9 Å². The van der Waals surface area contributed by atoms with Gasteiger partial charge in [0, 0.05) is 4.88 Å². The van der Waals surface area contributed by atoms with Gasteiger partial charge in [0.2, 0.25) is 0 Å². The minimum Gasteiger partial charge on any atom is -0.380 e. The SMILES string of the molecule is Cc1cc(C(C)(O)c2cccs2)ccc1F. The Bertz CT molecular complexity index is 489. The van der Waals surface area contributed by atoms with Gasteiger partial charge in [0.05, 0.1) is 0 Å². The van der Waals surface area contributed by atoms with E-state index >= 15 is 0 Å². The van der Waals surface area contributed by atoms with E-state index in [9.17, 15) is 9.50 Å². The van der Waals surface area contributed by atoms with Crippen LogP contribution in [0.25, 0.3) is 0 Å². The molecular weight excluding hydrogens is 223 g/mol. The Morgan fingerprint density at radius 3 is 2.62 bits per heavy atom. The van der Waals surface area contributed by atoms with E-state index in [1.807, 2.05) is 17.5 Å². The van der Waals surface area contributed by atoms with E-state index < -0.39 is 5.60 Å². The Kier molecular flexibility index (Phi) is 2.82. The van der Waals surface area contributed by atoms with Crippen LogP contribution in [0.4, 0.5) is 4.39 Å². The van der Waals surface area contributed by atoms with E-state index in [2.05, 4.69) is 0 Å². The molecule has 2 rings (SSSR count). The Morgan fingerprint density at radius 1 is 1.31 bits per heavy atom. The van der Waals surface area contributed by atoms with Crippen LogP contribution in [0.5, 0.6) is 0 Å². The normalized spacial score (nSPS) is 14.8. The molecule has 0 radical (unpaired) electrons. The monoisotopic (exact) mass is 236 g/mol. The Hall–Kier alpha value is -1.19. The zero-order chi connectivity index (χ0) is 11.8. The average molecular weight is 236 g/mol. The Balaban J connectivity index is 2.47. The van der Waals surface area contributed by atoms with Crippen molar-refractivity contribution >= 4 is 11.3 Å². The summed E-state index contributed by atoms with van der Waals surface area (Å²) in [7, 11) is 0. The average Bonchev–Trinajstić information content (AvgIpc) is 2.75. The topological polar surface area (TPSA) is 20.2 Å². The molecule has 84 valence electrons. The maximum Gasteiger partial charge on any atom is 0.126 e. The van der Waals surface area contributed by atoms with Crippen molar-refractivity contribution in [2.24, 2.45) is 0 Å². The highest BCUT2D eigenvalue weighted by molar-refractivity contribution is 7.10. The smallest absolute Gasteiger partial charge is 0.126 e. The summed E-state index contributed by atoms with van der Waals surface area (Å²) in [6, 6.07) is 8.48. The number of aryl methyl sites for hydroxylation is 1. The molecule has 1 heterocycles. The fourth-order valence-electron chi connectivity index (χ4n) is 1.65. The molecule has 0 aliphatic heterocycles. The standard InChI is InChI=1S/C13H13FOS/c1-9-8-10(5-6-11(9)14)13(2,15)12-4-3-7-16-12/h3-8,15H,1-2H3. The third-order valence-electron chi connectivity index (χ3n) is 2.72. The molecule has 0 amide bonds. The summed E-state index contributed by atoms with van der Waals surface area (Å²) >= 11 is 1.49. The van der Waals surface area contributed by atoms with E-state index in [0.29, 0.717) is 11.1 Å². The first-order valence-corrected chi connectivity index (χ1v) is 5.93. The van der Waals surface area contributed by atoms with Crippen LogP contribution in [0.3, 0.4) is 0 Å². The van der Waals surface area contributed by atoms with Gasteiger partial charge < -0.3 is 5.11 Å². The quantitative estimate of drug-likeness (QED) is 0.846. The van der Waals surface area contributed by atoms with Gasteiger partial charge in [0.15, 0.2) is 0 Å². The van der Waals surface area contributed by atoms with E-state index in [1.54, 1.807) is 26.0 Å². The van der Waals surface area contributed by atoms with Crippen molar-refractivity contribution < 1.29 is 9.50 Å². The predicted molar refractivity (Wildman–Crippen MR) is 64.1 cm³/mol. The highest BCUT2D eigenvalue weighted by Crippen LogP contribution is 2.32. The lowest BCUT2D eigenvalue weighted by Crippen LogP contribution is -2.21. The van der Waals surface area contributed by atoms with Gasteiger partial charge in [-0.2, -0.15) is 0 Å². The van der Waals surface area contributed by atoms with Gasteiger partial charge in [-0.15, -0.1) is 11.3 Å². The molecule has 0 aliphatic carbocycles. The number of hydrogen-bond donors (Lipinski definition) is 1. The largest absolute Gasteiger partial charge is 0.380 e. The molecule has 2 aromatic rings. The fraction of sp³-hybridized carbons (Fsp3) is 0.231. The van der Waals surface area contributed by atoms with E-state index in [0.717, 1.165) is 4.88 Å². The molecule has 1 aromatic heterocycles. The van der Waals surface area contributed by atoms with Gasteiger partial charge in [-0.25, -0.2) is 4.39 Å². The van der Waals surface area contributed by atoms with Crippen LogP contribution in [-0.2, 0) is 5.60 Å². The molecule has 1 nitrogen and oxygen atoms in total. The fourth-order valence-corrected chi connectivity index (χ4v) is 2.45. The van der Waals surface area contributed by atoms with Crippen molar-refractivity contribution in [1.82, 2.24) is 0 Å². The third kappa shape index (κ3) is 1.88. The highest BCUT2D eigenvalue weighted by atomic mass is 32.1. The lowest BCUT2D eigenvalue weighted by atomic mass is 9.93. The van der Waals surface area contributed by atoms with Gasteiger partial charge in [-0.05, 0) is 48.6 Å². The van der Waals surface area contributed by atoms with Crippen molar-refractivity contribution in [3.05, 3.63) is 57.5 Å². The summed E-state index contributed by atoms with van der Waals surface area (Å²) in [6.45, 7) is 3.43. The molecular formula is C13H13FOS. The van der Waals surface area contributed by atoms with Crippen LogP contribution in [0, 0.1) is 12.7 Å². The predicted octanol–water partition coefficient (Wildman–Crippen LogP) is 3.45. The van der Waals surface area contributed by atoms with Crippen molar-refractivity contribution in [1.29, 1.82) is 0 Å². The molecule has 0 fully saturated rings. The number of thiophene rings is 1. The molecule has 0 aliphatic rings. The Labute approximate surface area is 98.2 Å². The zero-order valence-corrected chi connectivity index (χ0v) is 10.0. The molecule has 1 unspecified atom stereocenters. The number of rotatable bonds is 2. The Morgan fingerprint density at radius 2 is 2.06 bits per heavy atom. The maximum atomic E-state index is 13.2. The van der Waals surface area contributed by atoms with E-state index in [4.69, 9.17) is 0 Å². The molecule has 0 saturated carbocycles. The van der Waals surface area contributed by atoms with Crippen molar-refractivity contribution in [2.75, 3.05) is 0 Å². The summed E-state index contributed by atoms with van der Waals surface area (Å²) in [6.07, 6.45) is 0. The molecule has 1 aromatic carbocycles. The number of benzene rings is 1. The maximum absolute atomic E-state index is 13.2. The van der Waals surface area contributed by atoms with Gasteiger partial charge in [0.25, 0.3) is 0 Å². The van der Waals surface area contributed by atoms with Crippen LogP contribution in [0.2, 0.25) is 0 Å². The summed E-state index contributed by atoms with van der Waals surface area (Å²) in [5.41, 5.74) is 0.218. The number of aliphatic hydroxyl groups is 1. The lowest BCUT2D eigenvalue weighted by Gasteiger charge is -2.23. The van der Waals surface area contributed by atoms with Crippen LogP contribution in [-0.4, -0.2) is 5.11 Å². The number of halogens is 1. The minimum absolute atomic E-state index is 0.245. The van der Waals surface area contributed by atoms with E-state index in [1.165, 1.54) is 17.4 Å². The molecule has 0 bridgehead atoms. The first-order chi connectivity index (χ1) is 7.51. The summed E-state index contributed by atoms with van der Waals surface area (Å²) in [4.78, 5) is 0.860. The molecule has 0 spiro atoms. The van der Waals surface area contributed by atoms with Gasteiger partial charge in [0.1, 0.15) is 11.4 Å². The van der Waals surface area contributed by atoms with E-state index in [-0.39, 0.29) is 5.82 Å². The molecule has 1 N–H and O–H groups in total. The van der Waals surface area contributed by atoms with Crippen molar-refractivity contribution in [2.45, 2.75) is 19.4 Å². The first kappa shape index (κ1) is 11.3. The van der Waals surface area contributed by atoms with Crippen LogP contribution >= 0.6 is 11.3 Å². The molecule has 3 heteroatoms. The first-order valence-electron chi connectivity index (χ1n) is 5.05. The third-order valence-corrected chi connectivity index (χ3v) is 3.80. The van der Waals surface area contributed by atoms with Crippen molar-refractivity contribution in [3.8, 4) is 0 Å². The summed E-state index contributed by atoms with van der Waals surface area (Å²) < 4.78 is 13.2. The molecule has 0 saturated heterocycles. The minimum atomic E-state index is -1.05. The summed E-state index contributed by atoms with van der Waals surface area (Å²) in [5.74, 6) is -0.245. The summed E-state index contributed by atoms with van der Waals surface area (Å²) in [5, 5.41) is 12.4. The number of hydrogen-bond acceptors (Lipinski definition) is 2. The zero-order valence-electron chi connectivity index (χ0n) is 9.20. The second kappa shape index (κ2) is 4.00. The van der Waals surface area contributed by atoms with Gasteiger partial charge in [-0.3, -0.25) is 0 Å². The highest BCUT2D eigenvalue weighted by Gasteiger charge is 2.26. The second-order valence-electron chi connectivity index (χ2n) is 4.01. The lowest BCUT2D eigenvalue weighted by molar-refractivity contribution is 0.106. The second-order valence-corrected chi connectivity index (χ2v) is 4.96. The van der Waals surface area contributed by atoms with Gasteiger partial charge in [-0.1, -0.05) is 12.1 Å².